The zero-order valence-electron chi connectivity index (χ0n) is 11.0. The molecule has 0 saturated heterocycles. The van der Waals surface area contributed by atoms with Gasteiger partial charge in [0.2, 0.25) is 0 Å². The van der Waals surface area contributed by atoms with E-state index in [-0.39, 0.29) is 11.3 Å². The lowest BCUT2D eigenvalue weighted by atomic mass is 10.2. The third-order valence-electron chi connectivity index (χ3n) is 3.27. The molecule has 7 heteroatoms. The highest BCUT2D eigenvalue weighted by Crippen LogP contribution is 2.31. The van der Waals surface area contributed by atoms with Crippen molar-refractivity contribution in [1.29, 1.82) is 0 Å². The van der Waals surface area contributed by atoms with E-state index in [1.165, 1.54) is 41.2 Å². The molecular formula is C15H9F3N2O2. The van der Waals surface area contributed by atoms with Gasteiger partial charge in [0, 0.05) is 23.5 Å². The van der Waals surface area contributed by atoms with Crippen LogP contribution in [0.2, 0.25) is 0 Å². The fourth-order valence-corrected chi connectivity index (χ4v) is 2.27. The molecule has 0 aliphatic carbocycles. The average Bonchev–Trinajstić information content (AvgIpc) is 2.90. The number of nitrogens with zero attached hydrogens (tertiary/aromatic N) is 2. The van der Waals surface area contributed by atoms with Crippen LogP contribution in [0.3, 0.4) is 0 Å². The number of aromatic nitrogens is 2. The summed E-state index contributed by atoms with van der Waals surface area (Å²) in [5.41, 5.74) is -0.170. The topological polar surface area (TPSA) is 55.1 Å². The Kier molecular flexibility index (Phi) is 3.13. The second kappa shape index (κ2) is 4.87. The SMILES string of the molecule is O=C(O)c1ccnc2c1ccn2-c1cccc(C(F)(F)F)c1. The molecule has 0 radical (unpaired) electrons. The number of pyridine rings is 1. The van der Waals surface area contributed by atoms with Crippen molar-refractivity contribution in [3.8, 4) is 5.69 Å². The van der Waals surface area contributed by atoms with Crippen LogP contribution in [0.4, 0.5) is 13.2 Å². The molecule has 2 aromatic heterocycles. The molecule has 1 N–H and O–H groups in total. The van der Waals surface area contributed by atoms with Crippen molar-refractivity contribution in [2.45, 2.75) is 6.18 Å². The Morgan fingerprint density at radius 2 is 1.95 bits per heavy atom. The largest absolute Gasteiger partial charge is 0.478 e. The van der Waals surface area contributed by atoms with Crippen LogP contribution in [0, 0.1) is 0 Å². The molecule has 22 heavy (non-hydrogen) atoms. The zero-order chi connectivity index (χ0) is 15.9. The number of hydrogen-bond acceptors (Lipinski definition) is 2. The number of carboxylic acid groups (broad SMARTS) is 1. The van der Waals surface area contributed by atoms with Crippen molar-refractivity contribution in [1.82, 2.24) is 9.55 Å². The number of rotatable bonds is 2. The van der Waals surface area contributed by atoms with Crippen LogP contribution in [-0.2, 0) is 6.18 Å². The fraction of sp³-hybridized carbons (Fsp3) is 0.0667. The second-order valence-electron chi connectivity index (χ2n) is 4.63. The van der Waals surface area contributed by atoms with E-state index in [9.17, 15) is 18.0 Å². The number of carbonyl (C=O) groups is 1. The summed E-state index contributed by atoms with van der Waals surface area (Å²) < 4.78 is 39.8. The maximum Gasteiger partial charge on any atom is 0.416 e. The summed E-state index contributed by atoms with van der Waals surface area (Å²) in [6.45, 7) is 0. The van der Waals surface area contributed by atoms with Gasteiger partial charge in [0.05, 0.1) is 11.1 Å². The van der Waals surface area contributed by atoms with Gasteiger partial charge in [-0.1, -0.05) is 6.07 Å². The summed E-state index contributed by atoms with van der Waals surface area (Å²) in [4.78, 5) is 15.2. The summed E-state index contributed by atoms with van der Waals surface area (Å²) >= 11 is 0. The van der Waals surface area contributed by atoms with Crippen molar-refractivity contribution < 1.29 is 23.1 Å². The Labute approximate surface area is 122 Å². The molecule has 3 rings (SSSR count). The molecule has 0 bridgehead atoms. The van der Waals surface area contributed by atoms with Gasteiger partial charge in [0.1, 0.15) is 5.65 Å². The average molecular weight is 306 g/mol. The molecule has 0 spiro atoms. The number of alkyl halides is 3. The van der Waals surface area contributed by atoms with E-state index in [2.05, 4.69) is 4.98 Å². The molecule has 0 aliphatic rings. The Hall–Kier alpha value is -2.83. The first-order valence-electron chi connectivity index (χ1n) is 6.25. The molecule has 0 saturated carbocycles. The number of carboxylic acids is 1. The minimum atomic E-state index is -4.45. The van der Waals surface area contributed by atoms with Crippen molar-refractivity contribution in [3.05, 3.63) is 59.9 Å². The minimum absolute atomic E-state index is 0.0516. The van der Waals surface area contributed by atoms with Crippen LogP contribution in [0.1, 0.15) is 15.9 Å². The number of aromatic carboxylic acids is 1. The summed E-state index contributed by atoms with van der Waals surface area (Å²) in [5, 5.41) is 9.50. The van der Waals surface area contributed by atoms with Gasteiger partial charge in [0.25, 0.3) is 0 Å². The first kappa shape index (κ1) is 14.1. The summed E-state index contributed by atoms with van der Waals surface area (Å²) in [7, 11) is 0. The molecule has 1 aromatic carbocycles. The van der Waals surface area contributed by atoms with E-state index < -0.39 is 17.7 Å². The summed E-state index contributed by atoms with van der Waals surface area (Å²) in [6, 6.07) is 7.64. The van der Waals surface area contributed by atoms with Gasteiger partial charge in [-0.25, -0.2) is 9.78 Å². The van der Waals surface area contributed by atoms with E-state index in [1.54, 1.807) is 0 Å². The lowest BCUT2D eigenvalue weighted by Gasteiger charge is -2.10. The van der Waals surface area contributed by atoms with Crippen molar-refractivity contribution in [2.24, 2.45) is 0 Å². The molecular weight excluding hydrogens is 297 g/mol. The van der Waals surface area contributed by atoms with Crippen LogP contribution >= 0.6 is 0 Å². The van der Waals surface area contributed by atoms with E-state index >= 15 is 0 Å². The highest BCUT2D eigenvalue weighted by Gasteiger charge is 2.30. The molecule has 112 valence electrons. The second-order valence-corrected chi connectivity index (χ2v) is 4.63. The van der Waals surface area contributed by atoms with E-state index in [0.29, 0.717) is 11.0 Å². The Morgan fingerprint density at radius 3 is 2.64 bits per heavy atom. The van der Waals surface area contributed by atoms with Gasteiger partial charge in [0.15, 0.2) is 0 Å². The molecule has 0 aliphatic heterocycles. The first-order chi connectivity index (χ1) is 10.4. The zero-order valence-corrected chi connectivity index (χ0v) is 11.0. The minimum Gasteiger partial charge on any atom is -0.478 e. The molecule has 0 fully saturated rings. The first-order valence-corrected chi connectivity index (χ1v) is 6.25. The number of benzene rings is 1. The molecule has 3 aromatic rings. The molecule has 2 heterocycles. The number of halogens is 3. The smallest absolute Gasteiger partial charge is 0.416 e. The van der Waals surface area contributed by atoms with Crippen LogP contribution in [-0.4, -0.2) is 20.6 Å². The summed E-state index contributed by atoms with van der Waals surface area (Å²) in [6.07, 6.45) is -1.63. The predicted octanol–water partition coefficient (Wildman–Crippen LogP) is 3.74. The van der Waals surface area contributed by atoms with Gasteiger partial charge < -0.3 is 9.67 Å². The third kappa shape index (κ3) is 2.30. The highest BCUT2D eigenvalue weighted by molar-refractivity contribution is 6.02. The van der Waals surface area contributed by atoms with Crippen molar-refractivity contribution >= 4 is 17.0 Å². The van der Waals surface area contributed by atoms with E-state index in [0.717, 1.165) is 12.1 Å². The van der Waals surface area contributed by atoms with Crippen LogP contribution in [0.25, 0.3) is 16.7 Å². The quantitative estimate of drug-likeness (QED) is 0.784. The van der Waals surface area contributed by atoms with E-state index in [1.807, 2.05) is 0 Å². The predicted molar refractivity (Wildman–Crippen MR) is 73.0 cm³/mol. The number of hydrogen-bond donors (Lipinski definition) is 1. The van der Waals surface area contributed by atoms with Crippen LogP contribution < -0.4 is 0 Å². The van der Waals surface area contributed by atoms with E-state index in [4.69, 9.17) is 5.11 Å². The molecule has 0 unspecified atom stereocenters. The Bertz CT molecular complexity index is 869. The number of fused-ring (bicyclic) bond motifs is 1. The lowest BCUT2D eigenvalue weighted by molar-refractivity contribution is -0.137. The van der Waals surface area contributed by atoms with Gasteiger partial charge in [-0.3, -0.25) is 0 Å². The van der Waals surface area contributed by atoms with Gasteiger partial charge in [-0.2, -0.15) is 13.2 Å². The highest BCUT2D eigenvalue weighted by atomic mass is 19.4. The molecule has 4 nitrogen and oxygen atoms in total. The maximum atomic E-state index is 12.8. The van der Waals surface area contributed by atoms with Gasteiger partial charge in [-0.05, 0) is 30.3 Å². The third-order valence-corrected chi connectivity index (χ3v) is 3.27. The summed E-state index contributed by atoms with van der Waals surface area (Å²) in [5.74, 6) is -1.12. The Morgan fingerprint density at radius 1 is 1.18 bits per heavy atom. The van der Waals surface area contributed by atoms with Gasteiger partial charge >= 0.3 is 12.1 Å². The fourth-order valence-electron chi connectivity index (χ4n) is 2.27. The monoisotopic (exact) mass is 306 g/mol. The maximum absolute atomic E-state index is 12.8. The normalized spacial score (nSPS) is 11.8. The van der Waals surface area contributed by atoms with Crippen LogP contribution in [0.5, 0.6) is 0 Å². The molecule has 0 amide bonds. The van der Waals surface area contributed by atoms with Crippen molar-refractivity contribution in [3.63, 3.8) is 0 Å². The van der Waals surface area contributed by atoms with Gasteiger partial charge in [-0.15, -0.1) is 0 Å². The standard InChI is InChI=1S/C15H9F3N2O2/c16-15(17,18)9-2-1-3-10(8-9)20-7-5-11-12(14(21)22)4-6-19-13(11)20/h1-8H,(H,21,22). The Balaban J connectivity index is 2.20. The van der Waals surface area contributed by atoms with Crippen molar-refractivity contribution in [2.75, 3.05) is 0 Å². The van der Waals surface area contributed by atoms with Crippen LogP contribution in [0.15, 0.2) is 48.8 Å². The lowest BCUT2D eigenvalue weighted by Crippen LogP contribution is -2.06. The molecule has 0 atom stereocenters.